The number of nitrogens with two attached hydrogens (primary N) is 1. The first kappa shape index (κ1) is 42.7. The monoisotopic (exact) mass is 852 g/mol. The number of rotatable bonds is 3. The van der Waals surface area contributed by atoms with Crippen LogP contribution in [0.4, 0.5) is 11.4 Å². The molecule has 0 spiro atoms. The van der Waals surface area contributed by atoms with Gasteiger partial charge in [0.2, 0.25) is 10.9 Å². The van der Waals surface area contributed by atoms with Gasteiger partial charge in [0.25, 0.3) is 5.91 Å². The van der Waals surface area contributed by atoms with Crippen molar-refractivity contribution >= 4 is 62.0 Å². The summed E-state index contributed by atoms with van der Waals surface area (Å²) in [6, 6.07) is 3.11. The van der Waals surface area contributed by atoms with E-state index in [0.29, 0.717) is 38.0 Å². The number of carbonyl (C=O) groups excluding carboxylic acids is 2. The number of aliphatic hydroxyl groups is 2. The highest BCUT2D eigenvalue weighted by atomic mass is 16.7. The Morgan fingerprint density at radius 1 is 1.05 bits per heavy atom. The summed E-state index contributed by atoms with van der Waals surface area (Å²) in [6.07, 6.45) is 6.09. The average molecular weight is 853 g/mol. The molecule has 0 radical (unpaired) electrons. The summed E-state index contributed by atoms with van der Waals surface area (Å²) in [4.78, 5) is 63.2. The Morgan fingerprint density at radius 3 is 2.47 bits per heavy atom. The molecule has 1 saturated heterocycles. The first-order valence-electron chi connectivity index (χ1n) is 20.9. The summed E-state index contributed by atoms with van der Waals surface area (Å²) in [5.41, 5.74) is 2.53. The van der Waals surface area contributed by atoms with Gasteiger partial charge in [-0.1, -0.05) is 32.1 Å². The largest absolute Gasteiger partial charge is 0.507 e. The number of anilines is 2. The number of phenols is 1. The zero-order valence-corrected chi connectivity index (χ0v) is 35.7. The summed E-state index contributed by atoms with van der Waals surface area (Å²) in [5.74, 6) is -5.03. The van der Waals surface area contributed by atoms with Crippen LogP contribution in [-0.2, 0) is 29.2 Å². The summed E-state index contributed by atoms with van der Waals surface area (Å²) in [6.45, 7) is 10.9. The van der Waals surface area contributed by atoms with Crippen LogP contribution in [-0.4, -0.2) is 82.5 Å². The Kier molecular flexibility index (Phi) is 10.8. The number of hydrogen-bond donors (Lipinski definition) is 5. The molecule has 62 heavy (non-hydrogen) atoms. The molecule has 4 aliphatic rings. The molecule has 7 atom stereocenters. The van der Waals surface area contributed by atoms with Crippen molar-refractivity contribution in [3.05, 3.63) is 79.5 Å². The number of amides is 1. The lowest BCUT2D eigenvalue weighted by Gasteiger charge is -2.44. The van der Waals surface area contributed by atoms with Crippen LogP contribution in [0.1, 0.15) is 72.8 Å². The predicted octanol–water partition coefficient (Wildman–Crippen LogP) is 4.60. The normalized spacial score (nSPS) is 30.2. The van der Waals surface area contributed by atoms with Crippen molar-refractivity contribution in [3.63, 3.8) is 0 Å². The van der Waals surface area contributed by atoms with E-state index in [4.69, 9.17) is 34.1 Å². The SMILES string of the molecule is CO[C@H]1/C=C/O[C@@]2(C)Oc3c4c(O)c5c(=O)c(c6oc7cc(N8CCC(N)CC8)cc(=O)c7nc6c5c3=C2O)NC(=O)/C(C)=C\C=C\[C@H](C)C[C@@H](C)C[C@@H](O)[C@H](OC(C)=O)[C@@]41C. The number of piperidine rings is 1. The van der Waals surface area contributed by atoms with Gasteiger partial charge in [-0.25, -0.2) is 4.98 Å². The lowest BCUT2D eigenvalue weighted by Crippen LogP contribution is -2.55. The number of aromatic hydroxyl groups is 1. The zero-order chi connectivity index (χ0) is 44.6. The summed E-state index contributed by atoms with van der Waals surface area (Å²) in [5, 5.41) is 39.3. The minimum atomic E-state index is -1.98. The first-order chi connectivity index (χ1) is 29.4. The highest BCUT2D eigenvalue weighted by molar-refractivity contribution is 6.17. The number of aromatic nitrogens is 1. The van der Waals surface area contributed by atoms with Gasteiger partial charge in [-0.15, -0.1) is 0 Å². The number of benzene rings is 3. The quantitative estimate of drug-likeness (QED) is 0.108. The van der Waals surface area contributed by atoms with Crippen molar-refractivity contribution in [1.82, 2.24) is 4.98 Å². The lowest BCUT2D eigenvalue weighted by molar-refractivity contribution is -0.164. The van der Waals surface area contributed by atoms with Gasteiger partial charge in [-0.2, -0.15) is 0 Å². The molecule has 5 heterocycles. The lowest BCUT2D eigenvalue weighted by atomic mass is 9.68. The number of methoxy groups -OCH3 is 1. The molecule has 1 aromatic heterocycles. The van der Waals surface area contributed by atoms with Crippen LogP contribution in [0.25, 0.3) is 38.7 Å². The Labute approximate surface area is 356 Å². The molecule has 6 N–H and O–H groups in total. The highest BCUT2D eigenvalue weighted by Gasteiger charge is 2.55. The van der Waals surface area contributed by atoms with Gasteiger partial charge in [-0.05, 0) is 57.4 Å². The van der Waals surface area contributed by atoms with E-state index >= 15 is 4.79 Å². The number of phenolic OH excluding ortho intramolecular Hbond substituents is 1. The molecule has 3 aromatic carbocycles. The second kappa shape index (κ2) is 15.7. The van der Waals surface area contributed by atoms with Crippen LogP contribution in [0.3, 0.4) is 0 Å². The van der Waals surface area contributed by atoms with Crippen LogP contribution in [0.2, 0.25) is 0 Å². The van der Waals surface area contributed by atoms with E-state index in [9.17, 15) is 29.7 Å². The molecule has 16 nitrogen and oxygen atoms in total. The topological polar surface area (TPSA) is 233 Å². The van der Waals surface area contributed by atoms with E-state index in [-0.39, 0.29) is 74.0 Å². The van der Waals surface area contributed by atoms with E-state index < -0.39 is 74.8 Å². The third-order valence-corrected chi connectivity index (χ3v) is 12.9. The predicted molar refractivity (Wildman–Crippen MR) is 232 cm³/mol. The second-order valence-electron chi connectivity index (χ2n) is 17.5. The molecule has 0 saturated carbocycles. The number of fused-ring (bicyclic) bond motifs is 7. The van der Waals surface area contributed by atoms with Gasteiger partial charge in [0.1, 0.15) is 28.8 Å². The van der Waals surface area contributed by atoms with Gasteiger partial charge in [0.05, 0.1) is 40.1 Å². The molecule has 0 unspecified atom stereocenters. The van der Waals surface area contributed by atoms with Crippen molar-refractivity contribution in [2.24, 2.45) is 17.6 Å². The van der Waals surface area contributed by atoms with E-state index in [1.807, 2.05) is 24.8 Å². The van der Waals surface area contributed by atoms with Crippen LogP contribution in [0.5, 0.6) is 11.5 Å². The third-order valence-electron chi connectivity index (χ3n) is 12.9. The maximum Gasteiger partial charge on any atom is 0.307 e. The fourth-order valence-electron chi connectivity index (χ4n) is 9.66. The van der Waals surface area contributed by atoms with Crippen molar-refractivity contribution in [2.75, 3.05) is 30.4 Å². The Morgan fingerprint density at radius 2 is 1.77 bits per heavy atom. The number of hydrogen-bond acceptors (Lipinski definition) is 15. The van der Waals surface area contributed by atoms with Gasteiger partial charge < -0.3 is 54.6 Å². The minimum absolute atomic E-state index is 0.0142. The molecule has 328 valence electrons. The maximum absolute atomic E-state index is 15.3. The number of ether oxygens (including phenoxy) is 4. The molecule has 0 aliphatic carbocycles. The highest BCUT2D eigenvalue weighted by Crippen LogP contribution is 2.52. The van der Waals surface area contributed by atoms with Gasteiger partial charge in [0, 0.05) is 68.9 Å². The number of esters is 1. The van der Waals surface area contributed by atoms with Crippen molar-refractivity contribution < 1.29 is 48.3 Å². The van der Waals surface area contributed by atoms with Crippen molar-refractivity contribution in [2.45, 2.75) is 103 Å². The van der Waals surface area contributed by atoms with Crippen molar-refractivity contribution in [3.8, 4) is 11.5 Å². The summed E-state index contributed by atoms with van der Waals surface area (Å²) < 4.78 is 31.1. The number of allylic oxidation sites excluding steroid dienone is 3. The average Bonchev–Trinajstić information content (AvgIpc) is 3.49. The molecular formula is C46H52N4O12. The molecule has 16 heteroatoms. The molecule has 4 aliphatic heterocycles. The van der Waals surface area contributed by atoms with Crippen LogP contribution < -0.4 is 36.8 Å². The first-order valence-corrected chi connectivity index (χ1v) is 20.9. The minimum Gasteiger partial charge on any atom is -0.507 e. The van der Waals surface area contributed by atoms with Crippen molar-refractivity contribution in [1.29, 1.82) is 0 Å². The van der Waals surface area contributed by atoms with E-state index in [2.05, 4.69) is 5.32 Å². The third kappa shape index (κ3) is 6.93. The van der Waals surface area contributed by atoms with E-state index in [1.165, 1.54) is 39.4 Å². The smallest absolute Gasteiger partial charge is 0.307 e. The van der Waals surface area contributed by atoms with Crippen LogP contribution in [0, 0.1) is 11.8 Å². The Hall–Kier alpha value is -5.97. The Balaban J connectivity index is 1.55. The standard InChI is InChI=1S/C46H52N4O12/c1-21-9-8-10-23(3)44(57)49-37-39(55)32-31(36-41(37)61-29-20-26(19-27(52)35(29)48-36)50-14-11-25(47)12-15-50)33-40-34(38(32)54)45(5,43(60-24(4)51)28(53)18-22(2)17-21)30(58-7)13-16-59-46(6,62-40)42(33)56/h8-10,13,16,19-22,25,28,30,43,53-54,56H,11-12,14-15,17-18,47H2,1-7H3,(H,49,57)/b9-8+,16-13+,23-10-/t21-,22+,28+,30-,43-,45+,46-/m0/s1. The molecule has 4 aromatic rings. The number of nitrogens with zero attached hydrogens (tertiary/aromatic N) is 2. The fraction of sp³-hybridized carbons (Fsp3) is 0.457. The van der Waals surface area contributed by atoms with E-state index in [1.54, 1.807) is 32.1 Å². The molecule has 5 bridgehead atoms. The molecule has 8 rings (SSSR count). The van der Waals surface area contributed by atoms with Crippen LogP contribution in [0.15, 0.2) is 62.3 Å². The summed E-state index contributed by atoms with van der Waals surface area (Å²) >= 11 is 0. The van der Waals surface area contributed by atoms with Crippen LogP contribution >= 0.6 is 0 Å². The number of carbonyl (C=O) groups is 2. The van der Waals surface area contributed by atoms with Gasteiger partial charge in [-0.3, -0.25) is 19.2 Å². The molecule has 1 fully saturated rings. The van der Waals surface area contributed by atoms with Gasteiger partial charge in [0.15, 0.2) is 22.4 Å². The zero-order valence-electron chi connectivity index (χ0n) is 35.7. The molecule has 1 amide bonds. The van der Waals surface area contributed by atoms with Gasteiger partial charge >= 0.3 is 11.8 Å². The Bertz CT molecular complexity index is 2810. The maximum atomic E-state index is 15.3. The molecular weight excluding hydrogens is 801 g/mol. The number of aliphatic hydroxyl groups excluding tert-OH is 2. The van der Waals surface area contributed by atoms with E-state index in [0.717, 1.165) is 0 Å². The summed E-state index contributed by atoms with van der Waals surface area (Å²) in [7, 11) is 1.38. The number of nitrogens with one attached hydrogen (secondary N) is 1. The second-order valence-corrected chi connectivity index (χ2v) is 17.5. The fourth-order valence-corrected chi connectivity index (χ4v) is 9.66.